The van der Waals surface area contributed by atoms with Crippen molar-refractivity contribution in [1.29, 1.82) is 0 Å². The standard InChI is InChI=1S/C14H14N4O4/c1-9(2)17-6-5-10(15-17)8-16-12-4-3-11(18(20)21)7-13(12)22-14(16)19/h3-7,9H,8H2,1-2H3. The van der Waals surface area contributed by atoms with Crippen LogP contribution >= 0.6 is 0 Å². The molecule has 8 nitrogen and oxygen atoms in total. The second-order valence-electron chi connectivity index (χ2n) is 5.24. The Kier molecular flexibility index (Phi) is 3.28. The van der Waals surface area contributed by atoms with Crippen molar-refractivity contribution in [2.24, 2.45) is 0 Å². The molecule has 1 aromatic carbocycles. The van der Waals surface area contributed by atoms with E-state index in [0.717, 1.165) is 5.69 Å². The maximum absolute atomic E-state index is 12.0. The summed E-state index contributed by atoms with van der Waals surface area (Å²) in [6.45, 7) is 4.27. The van der Waals surface area contributed by atoms with Crippen LogP contribution in [0.4, 0.5) is 5.69 Å². The minimum Gasteiger partial charge on any atom is -0.407 e. The van der Waals surface area contributed by atoms with Crippen LogP contribution in [0, 0.1) is 10.1 Å². The molecule has 8 heteroatoms. The lowest BCUT2D eigenvalue weighted by molar-refractivity contribution is -0.384. The van der Waals surface area contributed by atoms with Gasteiger partial charge in [-0.2, -0.15) is 5.10 Å². The van der Waals surface area contributed by atoms with Gasteiger partial charge in [0, 0.05) is 18.3 Å². The summed E-state index contributed by atoms with van der Waals surface area (Å²) in [6.07, 6.45) is 1.85. The summed E-state index contributed by atoms with van der Waals surface area (Å²) < 4.78 is 8.29. The first-order chi connectivity index (χ1) is 10.5. The number of hydrogen-bond acceptors (Lipinski definition) is 5. The Morgan fingerprint density at radius 1 is 1.36 bits per heavy atom. The van der Waals surface area contributed by atoms with Crippen molar-refractivity contribution in [3.05, 3.63) is 56.8 Å². The number of nitrogens with zero attached hydrogens (tertiary/aromatic N) is 4. The predicted octanol–water partition coefficient (Wildman–Crippen LogP) is 2.33. The fourth-order valence-corrected chi connectivity index (χ4v) is 2.23. The monoisotopic (exact) mass is 302 g/mol. The third-order valence-corrected chi connectivity index (χ3v) is 3.38. The van der Waals surface area contributed by atoms with Gasteiger partial charge in [0.05, 0.1) is 28.7 Å². The van der Waals surface area contributed by atoms with E-state index in [9.17, 15) is 14.9 Å². The summed E-state index contributed by atoms with van der Waals surface area (Å²) in [7, 11) is 0. The van der Waals surface area contributed by atoms with Crippen molar-refractivity contribution >= 4 is 16.8 Å². The molecule has 0 radical (unpaired) electrons. The molecule has 2 aromatic heterocycles. The maximum Gasteiger partial charge on any atom is 0.420 e. The lowest BCUT2D eigenvalue weighted by Crippen LogP contribution is -2.15. The minimum absolute atomic E-state index is 0.113. The van der Waals surface area contributed by atoms with Crippen LogP contribution in [0.25, 0.3) is 11.1 Å². The van der Waals surface area contributed by atoms with Crippen LogP contribution in [0.1, 0.15) is 25.6 Å². The molecule has 0 N–H and O–H groups in total. The highest BCUT2D eigenvalue weighted by molar-refractivity contribution is 5.75. The number of oxazole rings is 1. The zero-order valence-electron chi connectivity index (χ0n) is 12.1. The van der Waals surface area contributed by atoms with Crippen LogP contribution in [-0.4, -0.2) is 19.3 Å². The van der Waals surface area contributed by atoms with Crippen LogP contribution in [0.5, 0.6) is 0 Å². The van der Waals surface area contributed by atoms with Gasteiger partial charge in [0.15, 0.2) is 5.58 Å². The number of aromatic nitrogens is 3. The van der Waals surface area contributed by atoms with Gasteiger partial charge in [-0.25, -0.2) is 4.79 Å². The molecule has 0 unspecified atom stereocenters. The van der Waals surface area contributed by atoms with Gasteiger partial charge in [-0.3, -0.25) is 19.4 Å². The number of fused-ring (bicyclic) bond motifs is 1. The van der Waals surface area contributed by atoms with Crippen molar-refractivity contribution in [3.8, 4) is 0 Å². The number of rotatable bonds is 4. The van der Waals surface area contributed by atoms with Crippen LogP contribution in [0.15, 0.2) is 39.7 Å². The normalized spacial score (nSPS) is 11.4. The molecule has 114 valence electrons. The van der Waals surface area contributed by atoms with Gasteiger partial charge in [0.1, 0.15) is 0 Å². The van der Waals surface area contributed by atoms with Crippen molar-refractivity contribution in [3.63, 3.8) is 0 Å². The summed E-state index contributed by atoms with van der Waals surface area (Å²) in [4.78, 5) is 22.2. The zero-order chi connectivity index (χ0) is 15.9. The van der Waals surface area contributed by atoms with Crippen molar-refractivity contribution in [2.45, 2.75) is 26.4 Å². The van der Waals surface area contributed by atoms with Crippen LogP contribution in [0.2, 0.25) is 0 Å². The lowest BCUT2D eigenvalue weighted by Gasteiger charge is -2.04. The summed E-state index contributed by atoms with van der Waals surface area (Å²) >= 11 is 0. The molecule has 2 heterocycles. The molecule has 0 spiro atoms. The molecule has 0 atom stereocenters. The number of benzene rings is 1. The van der Waals surface area contributed by atoms with Crippen LogP contribution in [-0.2, 0) is 6.54 Å². The smallest absolute Gasteiger partial charge is 0.407 e. The fourth-order valence-electron chi connectivity index (χ4n) is 2.23. The highest BCUT2D eigenvalue weighted by Gasteiger charge is 2.15. The van der Waals surface area contributed by atoms with E-state index in [4.69, 9.17) is 4.42 Å². The number of nitro groups is 1. The second kappa shape index (κ2) is 5.14. The molecule has 0 aliphatic rings. The van der Waals surface area contributed by atoms with E-state index < -0.39 is 10.7 Å². The Hall–Kier alpha value is -2.90. The molecule has 0 aliphatic carbocycles. The van der Waals surface area contributed by atoms with Gasteiger partial charge in [0.25, 0.3) is 5.69 Å². The Morgan fingerprint density at radius 2 is 2.14 bits per heavy atom. The maximum atomic E-state index is 12.0. The van der Waals surface area contributed by atoms with Crippen molar-refractivity contribution in [2.75, 3.05) is 0 Å². The van der Waals surface area contributed by atoms with E-state index in [1.165, 1.54) is 22.8 Å². The van der Waals surface area contributed by atoms with Crippen molar-refractivity contribution in [1.82, 2.24) is 14.3 Å². The molecule has 0 aliphatic heterocycles. The Morgan fingerprint density at radius 3 is 2.77 bits per heavy atom. The quantitative estimate of drug-likeness (QED) is 0.544. The van der Waals surface area contributed by atoms with E-state index in [2.05, 4.69) is 5.10 Å². The topological polar surface area (TPSA) is 96.1 Å². The first kappa shape index (κ1) is 14.1. The van der Waals surface area contributed by atoms with E-state index >= 15 is 0 Å². The molecular weight excluding hydrogens is 288 g/mol. The molecule has 0 amide bonds. The SMILES string of the molecule is CC(C)n1ccc(Cn2c(=O)oc3cc([N+](=O)[O-])ccc32)n1. The number of nitro benzene ring substituents is 1. The number of non-ortho nitro benzene ring substituents is 1. The van der Waals surface area contributed by atoms with Crippen LogP contribution in [0.3, 0.4) is 0 Å². The predicted molar refractivity (Wildman–Crippen MR) is 78.8 cm³/mol. The summed E-state index contributed by atoms with van der Waals surface area (Å²) in [5.41, 5.74) is 1.31. The molecule has 22 heavy (non-hydrogen) atoms. The number of hydrogen-bond donors (Lipinski definition) is 0. The lowest BCUT2D eigenvalue weighted by atomic mass is 10.3. The molecule has 0 fully saturated rings. The van der Waals surface area contributed by atoms with E-state index in [-0.39, 0.29) is 23.9 Å². The van der Waals surface area contributed by atoms with Gasteiger partial charge in [-0.1, -0.05) is 0 Å². The zero-order valence-corrected chi connectivity index (χ0v) is 12.1. The summed E-state index contributed by atoms with van der Waals surface area (Å²) in [5.74, 6) is -0.561. The third kappa shape index (κ3) is 2.39. The average molecular weight is 302 g/mol. The Balaban J connectivity index is 2.01. The largest absolute Gasteiger partial charge is 0.420 e. The van der Waals surface area contributed by atoms with Gasteiger partial charge in [-0.15, -0.1) is 0 Å². The van der Waals surface area contributed by atoms with E-state index in [0.29, 0.717) is 5.52 Å². The summed E-state index contributed by atoms with van der Waals surface area (Å²) in [6, 6.07) is 6.17. The Bertz CT molecular complexity index is 903. The molecule has 0 bridgehead atoms. The first-order valence-electron chi connectivity index (χ1n) is 6.77. The highest BCUT2D eigenvalue weighted by atomic mass is 16.6. The third-order valence-electron chi connectivity index (χ3n) is 3.38. The molecule has 3 rings (SSSR count). The molecular formula is C14H14N4O4. The van der Waals surface area contributed by atoms with E-state index in [1.54, 1.807) is 4.68 Å². The highest BCUT2D eigenvalue weighted by Crippen LogP contribution is 2.20. The Labute approximate surface area is 124 Å². The molecule has 0 saturated carbocycles. The minimum atomic E-state index is -0.561. The van der Waals surface area contributed by atoms with Crippen LogP contribution < -0.4 is 5.76 Å². The van der Waals surface area contributed by atoms with E-state index in [1.807, 2.05) is 26.1 Å². The van der Waals surface area contributed by atoms with Gasteiger partial charge in [0.2, 0.25) is 0 Å². The fraction of sp³-hybridized carbons (Fsp3) is 0.286. The van der Waals surface area contributed by atoms with Gasteiger partial charge in [-0.05, 0) is 26.0 Å². The van der Waals surface area contributed by atoms with Crippen molar-refractivity contribution < 1.29 is 9.34 Å². The molecule has 3 aromatic rings. The summed E-state index contributed by atoms with van der Waals surface area (Å²) in [5, 5.41) is 15.1. The van der Waals surface area contributed by atoms with Gasteiger partial charge >= 0.3 is 5.76 Å². The molecule has 0 saturated heterocycles. The first-order valence-corrected chi connectivity index (χ1v) is 6.77. The average Bonchev–Trinajstić information content (AvgIpc) is 3.04. The van der Waals surface area contributed by atoms with Gasteiger partial charge < -0.3 is 4.42 Å². The second-order valence-corrected chi connectivity index (χ2v) is 5.24.